The van der Waals surface area contributed by atoms with Gasteiger partial charge in [0.15, 0.2) is 5.82 Å². The van der Waals surface area contributed by atoms with E-state index in [9.17, 15) is 22.0 Å². The molecule has 8 heteroatoms. The molecule has 0 aliphatic rings. The van der Waals surface area contributed by atoms with Crippen LogP contribution in [0, 0.1) is 11.6 Å². The van der Waals surface area contributed by atoms with Gasteiger partial charge < -0.3 is 5.11 Å². The predicted molar refractivity (Wildman–Crippen MR) is 63.4 cm³/mol. The lowest BCUT2D eigenvalue weighted by Crippen LogP contribution is -2.33. The summed E-state index contributed by atoms with van der Waals surface area (Å²) in [5, 5.41) is 8.67. The van der Waals surface area contributed by atoms with Crippen molar-refractivity contribution < 1.29 is 27.1 Å². The highest BCUT2D eigenvalue weighted by molar-refractivity contribution is 7.89. The zero-order chi connectivity index (χ0) is 14.8. The summed E-state index contributed by atoms with van der Waals surface area (Å²) in [6, 6.07) is 0.849. The Morgan fingerprint density at radius 2 is 2.00 bits per heavy atom. The van der Waals surface area contributed by atoms with E-state index in [4.69, 9.17) is 5.11 Å². The zero-order valence-corrected chi connectivity index (χ0v) is 11.1. The molecule has 1 atom stereocenters. The summed E-state index contributed by atoms with van der Waals surface area (Å²) < 4.78 is 52.8. The molecule has 19 heavy (non-hydrogen) atoms. The average Bonchev–Trinajstić information content (AvgIpc) is 2.27. The highest BCUT2D eigenvalue weighted by atomic mass is 32.2. The fourth-order valence-electron chi connectivity index (χ4n) is 1.35. The second-order valence-electron chi connectivity index (χ2n) is 3.97. The number of rotatable bonds is 5. The van der Waals surface area contributed by atoms with Crippen molar-refractivity contribution in [2.75, 3.05) is 0 Å². The van der Waals surface area contributed by atoms with Crippen LogP contribution in [0.5, 0.6) is 0 Å². The first kappa shape index (κ1) is 15.5. The Balaban J connectivity index is 3.37. The molecule has 0 fully saturated rings. The van der Waals surface area contributed by atoms with Gasteiger partial charge in [-0.05, 0) is 25.5 Å². The third-order valence-corrected chi connectivity index (χ3v) is 4.13. The first-order valence-corrected chi connectivity index (χ1v) is 6.92. The summed E-state index contributed by atoms with van der Waals surface area (Å²) in [5.41, 5.74) is -1.29. The maximum Gasteiger partial charge on any atom is 0.341 e. The number of carboxylic acids is 1. The van der Waals surface area contributed by atoms with Crippen LogP contribution in [0.2, 0.25) is 0 Å². The Bertz CT molecular complexity index is 601. The fourth-order valence-corrected chi connectivity index (χ4v) is 2.76. The van der Waals surface area contributed by atoms with Crippen LogP contribution in [-0.2, 0) is 10.0 Å². The topological polar surface area (TPSA) is 83.5 Å². The number of hydrogen-bond acceptors (Lipinski definition) is 3. The van der Waals surface area contributed by atoms with Crippen molar-refractivity contribution in [3.05, 3.63) is 29.3 Å². The van der Waals surface area contributed by atoms with E-state index in [0.717, 1.165) is 0 Å². The van der Waals surface area contributed by atoms with Gasteiger partial charge in [0.25, 0.3) is 0 Å². The van der Waals surface area contributed by atoms with E-state index < -0.39 is 44.1 Å². The summed E-state index contributed by atoms with van der Waals surface area (Å²) >= 11 is 0. The maximum absolute atomic E-state index is 13.8. The Kier molecular flexibility index (Phi) is 4.59. The van der Waals surface area contributed by atoms with Crippen LogP contribution in [0.25, 0.3) is 0 Å². The highest BCUT2D eigenvalue weighted by Gasteiger charge is 2.27. The molecule has 0 radical (unpaired) electrons. The van der Waals surface area contributed by atoms with Gasteiger partial charge in [-0.25, -0.2) is 26.7 Å². The van der Waals surface area contributed by atoms with E-state index in [1.807, 2.05) is 0 Å². The number of nitrogens with one attached hydrogen (secondary N) is 1. The monoisotopic (exact) mass is 293 g/mol. The molecule has 0 saturated heterocycles. The van der Waals surface area contributed by atoms with Gasteiger partial charge in [0.05, 0.1) is 0 Å². The molecule has 0 aromatic heterocycles. The number of hydrogen-bond donors (Lipinski definition) is 2. The summed E-state index contributed by atoms with van der Waals surface area (Å²) in [4.78, 5) is 9.82. The molecule has 1 aromatic rings. The van der Waals surface area contributed by atoms with E-state index in [1.54, 1.807) is 13.8 Å². The second-order valence-corrected chi connectivity index (χ2v) is 5.65. The number of aromatic carboxylic acids is 1. The first-order valence-electron chi connectivity index (χ1n) is 5.44. The largest absolute Gasteiger partial charge is 0.477 e. The number of carboxylic acid groups (broad SMARTS) is 1. The Hall–Kier alpha value is -1.54. The molecule has 0 aliphatic heterocycles. The lowest BCUT2D eigenvalue weighted by atomic mass is 10.2. The molecule has 5 nitrogen and oxygen atoms in total. The molecule has 1 aromatic carbocycles. The summed E-state index contributed by atoms with van der Waals surface area (Å²) in [5.74, 6) is -4.80. The van der Waals surface area contributed by atoms with E-state index in [2.05, 4.69) is 4.72 Å². The predicted octanol–water partition coefficient (Wildman–Crippen LogP) is 1.74. The number of halogens is 2. The Morgan fingerprint density at radius 1 is 1.42 bits per heavy atom. The fraction of sp³-hybridized carbons (Fsp3) is 0.364. The zero-order valence-electron chi connectivity index (χ0n) is 10.3. The molecule has 1 unspecified atom stereocenters. The van der Waals surface area contributed by atoms with Crippen LogP contribution < -0.4 is 4.72 Å². The summed E-state index contributed by atoms with van der Waals surface area (Å²) in [6.07, 6.45) is 0.466. The van der Waals surface area contributed by atoms with Crippen molar-refractivity contribution in [1.82, 2.24) is 4.72 Å². The van der Waals surface area contributed by atoms with Crippen molar-refractivity contribution >= 4 is 16.0 Å². The van der Waals surface area contributed by atoms with Crippen LogP contribution in [-0.4, -0.2) is 25.5 Å². The normalized spacial score (nSPS) is 13.3. The molecule has 0 saturated carbocycles. The van der Waals surface area contributed by atoms with Gasteiger partial charge in [0.2, 0.25) is 10.0 Å². The van der Waals surface area contributed by atoms with Crippen molar-refractivity contribution in [3.63, 3.8) is 0 Å². The molecule has 0 heterocycles. The minimum atomic E-state index is -4.23. The van der Waals surface area contributed by atoms with E-state index in [0.29, 0.717) is 18.6 Å². The van der Waals surface area contributed by atoms with Crippen LogP contribution in [0.3, 0.4) is 0 Å². The second kappa shape index (κ2) is 5.62. The van der Waals surface area contributed by atoms with Crippen LogP contribution in [0.1, 0.15) is 30.6 Å². The van der Waals surface area contributed by atoms with E-state index in [-0.39, 0.29) is 0 Å². The van der Waals surface area contributed by atoms with Gasteiger partial charge in [-0.15, -0.1) is 0 Å². The molecule has 1 rings (SSSR count). The molecule has 0 bridgehead atoms. The third kappa shape index (κ3) is 3.27. The molecule has 106 valence electrons. The molecule has 0 aliphatic carbocycles. The van der Waals surface area contributed by atoms with Crippen molar-refractivity contribution in [2.24, 2.45) is 0 Å². The lowest BCUT2D eigenvalue weighted by Gasteiger charge is -2.13. The van der Waals surface area contributed by atoms with Crippen molar-refractivity contribution in [2.45, 2.75) is 31.2 Å². The lowest BCUT2D eigenvalue weighted by molar-refractivity contribution is 0.0685. The van der Waals surface area contributed by atoms with Gasteiger partial charge in [-0.1, -0.05) is 6.92 Å². The van der Waals surface area contributed by atoms with Crippen LogP contribution >= 0.6 is 0 Å². The van der Waals surface area contributed by atoms with E-state index >= 15 is 0 Å². The third-order valence-electron chi connectivity index (χ3n) is 2.53. The number of benzene rings is 1. The molecule has 0 amide bonds. The number of carbonyl (C=O) groups is 1. The smallest absolute Gasteiger partial charge is 0.341 e. The van der Waals surface area contributed by atoms with Gasteiger partial charge in [-0.2, -0.15) is 0 Å². The van der Waals surface area contributed by atoms with Crippen molar-refractivity contribution in [1.29, 1.82) is 0 Å². The SMILES string of the molecule is CCC(C)NS(=O)(=O)c1ccc(F)c(C(=O)O)c1F. The quantitative estimate of drug-likeness (QED) is 0.866. The highest BCUT2D eigenvalue weighted by Crippen LogP contribution is 2.21. The number of sulfonamides is 1. The maximum atomic E-state index is 13.8. The minimum absolute atomic E-state index is 0.456. The van der Waals surface area contributed by atoms with Gasteiger partial charge in [0, 0.05) is 6.04 Å². The standard InChI is InChI=1S/C11H13F2NO4S/c1-3-6(2)14-19(17,18)8-5-4-7(12)9(10(8)13)11(15)16/h4-6,14H,3H2,1-2H3,(H,15,16). The molecular weight excluding hydrogens is 280 g/mol. The van der Waals surface area contributed by atoms with Crippen LogP contribution in [0.15, 0.2) is 17.0 Å². The van der Waals surface area contributed by atoms with E-state index in [1.165, 1.54) is 0 Å². The molecule has 0 spiro atoms. The Labute approximate surface area is 109 Å². The molecule has 2 N–H and O–H groups in total. The first-order chi connectivity index (χ1) is 8.70. The van der Waals surface area contributed by atoms with Gasteiger partial charge >= 0.3 is 5.97 Å². The summed E-state index contributed by atoms with van der Waals surface area (Å²) in [7, 11) is -4.23. The average molecular weight is 293 g/mol. The van der Waals surface area contributed by atoms with Gasteiger partial charge in [-0.3, -0.25) is 0 Å². The van der Waals surface area contributed by atoms with Crippen LogP contribution in [0.4, 0.5) is 8.78 Å². The molecular formula is C11H13F2NO4S. The summed E-state index contributed by atoms with van der Waals surface area (Å²) in [6.45, 7) is 3.29. The van der Waals surface area contributed by atoms with Crippen molar-refractivity contribution in [3.8, 4) is 0 Å². The van der Waals surface area contributed by atoms with Gasteiger partial charge in [0.1, 0.15) is 16.3 Å². The Morgan fingerprint density at radius 3 is 2.47 bits per heavy atom. The minimum Gasteiger partial charge on any atom is -0.477 e.